The van der Waals surface area contributed by atoms with Crippen LogP contribution < -0.4 is 15.4 Å². The summed E-state index contributed by atoms with van der Waals surface area (Å²) in [5.41, 5.74) is 1.31. The summed E-state index contributed by atoms with van der Waals surface area (Å²) in [4.78, 5) is 0. The minimum atomic E-state index is 0.877. The molecule has 2 N–H and O–H groups in total. The van der Waals surface area contributed by atoms with E-state index in [1.54, 1.807) is 0 Å². The van der Waals surface area contributed by atoms with Gasteiger partial charge in [0.1, 0.15) is 11.5 Å². The van der Waals surface area contributed by atoms with E-state index in [-0.39, 0.29) is 0 Å². The van der Waals surface area contributed by atoms with Gasteiger partial charge >= 0.3 is 0 Å². The monoisotopic (exact) mass is 294 g/mol. The molecule has 2 unspecified atom stereocenters. The van der Waals surface area contributed by atoms with Crippen molar-refractivity contribution in [2.45, 2.75) is 6.54 Å². The fourth-order valence-electron chi connectivity index (χ4n) is 3.53. The van der Waals surface area contributed by atoms with E-state index in [1.165, 1.54) is 18.7 Å². The minimum Gasteiger partial charge on any atom is -0.457 e. The Bertz CT molecular complexity index is 601. The molecule has 4 rings (SSSR count). The summed E-state index contributed by atoms with van der Waals surface area (Å²) >= 11 is 0. The standard InChI is InChI=1S/C19H22N2O/c1-2-4-15(5-3-1)22-16-8-6-14(7-9-16)10-20-11-17-18-12-21-13-19(17)18/h1-9,17-21H,10-13H2. The lowest BCUT2D eigenvalue weighted by Gasteiger charge is -2.09. The molecule has 1 saturated heterocycles. The van der Waals surface area contributed by atoms with Crippen molar-refractivity contribution in [1.82, 2.24) is 10.6 Å². The van der Waals surface area contributed by atoms with E-state index >= 15 is 0 Å². The van der Waals surface area contributed by atoms with Gasteiger partial charge in [0.25, 0.3) is 0 Å². The van der Waals surface area contributed by atoms with E-state index in [9.17, 15) is 0 Å². The smallest absolute Gasteiger partial charge is 0.127 e. The Morgan fingerprint density at radius 3 is 2.32 bits per heavy atom. The summed E-state index contributed by atoms with van der Waals surface area (Å²) in [6, 6.07) is 18.3. The summed E-state index contributed by atoms with van der Waals surface area (Å²) in [7, 11) is 0. The van der Waals surface area contributed by atoms with Crippen molar-refractivity contribution >= 4 is 0 Å². The zero-order valence-electron chi connectivity index (χ0n) is 12.7. The van der Waals surface area contributed by atoms with Crippen LogP contribution in [0.4, 0.5) is 0 Å². The molecule has 3 nitrogen and oxygen atoms in total. The van der Waals surface area contributed by atoms with Crippen molar-refractivity contribution in [2.75, 3.05) is 19.6 Å². The van der Waals surface area contributed by atoms with Crippen molar-refractivity contribution in [3.05, 3.63) is 60.2 Å². The first-order valence-corrected chi connectivity index (χ1v) is 8.13. The van der Waals surface area contributed by atoms with Gasteiger partial charge in [-0.05, 0) is 67.2 Å². The van der Waals surface area contributed by atoms with Crippen molar-refractivity contribution < 1.29 is 4.74 Å². The van der Waals surface area contributed by atoms with Gasteiger partial charge in [-0.3, -0.25) is 0 Å². The highest BCUT2D eigenvalue weighted by molar-refractivity contribution is 5.32. The first kappa shape index (κ1) is 13.8. The van der Waals surface area contributed by atoms with Crippen LogP contribution in [0.2, 0.25) is 0 Å². The molecule has 22 heavy (non-hydrogen) atoms. The van der Waals surface area contributed by atoms with E-state index in [0.29, 0.717) is 0 Å². The highest BCUT2D eigenvalue weighted by atomic mass is 16.5. The number of ether oxygens (including phenoxy) is 1. The highest BCUT2D eigenvalue weighted by Gasteiger charge is 2.51. The van der Waals surface area contributed by atoms with Crippen LogP contribution in [0.1, 0.15) is 5.56 Å². The van der Waals surface area contributed by atoms with Gasteiger partial charge in [0.15, 0.2) is 0 Å². The number of hydrogen-bond donors (Lipinski definition) is 2. The Morgan fingerprint density at radius 1 is 0.909 bits per heavy atom. The molecule has 2 aromatic carbocycles. The summed E-state index contributed by atoms with van der Waals surface area (Å²) in [6.07, 6.45) is 0. The Kier molecular flexibility index (Phi) is 3.83. The lowest BCUT2D eigenvalue weighted by atomic mass is 10.2. The molecule has 1 aliphatic carbocycles. The zero-order valence-corrected chi connectivity index (χ0v) is 12.7. The molecule has 114 valence electrons. The molecule has 1 aliphatic heterocycles. The lowest BCUT2D eigenvalue weighted by Crippen LogP contribution is -2.23. The molecule has 2 aromatic rings. The minimum absolute atomic E-state index is 0.877. The molecule has 0 aromatic heterocycles. The summed E-state index contributed by atoms with van der Waals surface area (Å²) < 4.78 is 5.81. The number of benzene rings is 2. The molecule has 0 amide bonds. The SMILES string of the molecule is c1ccc(Oc2ccc(CNCC3C4CNCC34)cc2)cc1. The van der Waals surface area contributed by atoms with Crippen LogP contribution in [-0.2, 0) is 6.54 Å². The van der Waals surface area contributed by atoms with Crippen LogP contribution in [0.25, 0.3) is 0 Å². The van der Waals surface area contributed by atoms with Crippen LogP contribution in [0.15, 0.2) is 54.6 Å². The molecular formula is C19H22N2O. The molecule has 0 spiro atoms. The van der Waals surface area contributed by atoms with Gasteiger partial charge in [0.05, 0.1) is 0 Å². The summed E-state index contributed by atoms with van der Waals surface area (Å²) in [6.45, 7) is 4.54. The average molecular weight is 294 g/mol. The number of hydrogen-bond acceptors (Lipinski definition) is 3. The van der Waals surface area contributed by atoms with Gasteiger partial charge in [0, 0.05) is 6.54 Å². The Morgan fingerprint density at radius 2 is 1.59 bits per heavy atom. The second kappa shape index (κ2) is 6.11. The van der Waals surface area contributed by atoms with Crippen molar-refractivity contribution in [1.29, 1.82) is 0 Å². The maximum absolute atomic E-state index is 5.81. The number of rotatable bonds is 6. The average Bonchev–Trinajstić information content (AvgIpc) is 2.99. The molecule has 0 bridgehead atoms. The van der Waals surface area contributed by atoms with Crippen molar-refractivity contribution in [3.63, 3.8) is 0 Å². The third kappa shape index (κ3) is 3.01. The second-order valence-corrected chi connectivity index (χ2v) is 6.34. The van der Waals surface area contributed by atoms with Crippen LogP contribution in [0.3, 0.4) is 0 Å². The lowest BCUT2D eigenvalue weighted by molar-refractivity contribution is 0.482. The highest BCUT2D eigenvalue weighted by Crippen LogP contribution is 2.47. The summed E-state index contributed by atoms with van der Waals surface area (Å²) in [5.74, 6) is 4.55. The molecular weight excluding hydrogens is 272 g/mol. The molecule has 1 heterocycles. The normalized spacial score (nSPS) is 25.7. The topological polar surface area (TPSA) is 33.3 Å². The van der Waals surface area contributed by atoms with Crippen LogP contribution in [0, 0.1) is 17.8 Å². The number of para-hydroxylation sites is 1. The third-order valence-electron chi connectivity index (χ3n) is 4.88. The maximum Gasteiger partial charge on any atom is 0.127 e. The molecule has 2 fully saturated rings. The van der Waals surface area contributed by atoms with Gasteiger partial charge < -0.3 is 15.4 Å². The summed E-state index contributed by atoms with van der Waals surface area (Å²) in [5, 5.41) is 7.04. The zero-order chi connectivity index (χ0) is 14.8. The number of piperidine rings is 1. The largest absolute Gasteiger partial charge is 0.457 e. The molecule has 3 heteroatoms. The predicted octanol–water partition coefficient (Wildman–Crippen LogP) is 3.03. The van der Waals surface area contributed by atoms with Crippen LogP contribution in [-0.4, -0.2) is 19.6 Å². The Balaban J connectivity index is 1.25. The van der Waals surface area contributed by atoms with Gasteiger partial charge in [-0.25, -0.2) is 0 Å². The first-order chi connectivity index (χ1) is 10.9. The van der Waals surface area contributed by atoms with E-state index in [2.05, 4.69) is 22.8 Å². The van der Waals surface area contributed by atoms with E-state index < -0.39 is 0 Å². The number of nitrogens with one attached hydrogen (secondary N) is 2. The predicted molar refractivity (Wildman–Crippen MR) is 88.0 cm³/mol. The third-order valence-corrected chi connectivity index (χ3v) is 4.88. The quantitative estimate of drug-likeness (QED) is 0.859. The van der Waals surface area contributed by atoms with Gasteiger partial charge in [-0.15, -0.1) is 0 Å². The van der Waals surface area contributed by atoms with Crippen LogP contribution >= 0.6 is 0 Å². The van der Waals surface area contributed by atoms with Crippen molar-refractivity contribution in [3.8, 4) is 11.5 Å². The molecule has 1 saturated carbocycles. The van der Waals surface area contributed by atoms with Crippen LogP contribution in [0.5, 0.6) is 11.5 Å². The van der Waals surface area contributed by atoms with Gasteiger partial charge in [0.2, 0.25) is 0 Å². The fraction of sp³-hybridized carbons (Fsp3) is 0.368. The van der Waals surface area contributed by atoms with E-state index in [0.717, 1.165) is 42.3 Å². The number of fused-ring (bicyclic) bond motifs is 1. The van der Waals surface area contributed by atoms with Crippen molar-refractivity contribution in [2.24, 2.45) is 17.8 Å². The van der Waals surface area contributed by atoms with Gasteiger partial charge in [-0.2, -0.15) is 0 Å². The maximum atomic E-state index is 5.81. The molecule has 2 atom stereocenters. The second-order valence-electron chi connectivity index (χ2n) is 6.34. The Labute approximate surface area is 131 Å². The van der Waals surface area contributed by atoms with E-state index in [4.69, 9.17) is 4.74 Å². The van der Waals surface area contributed by atoms with E-state index in [1.807, 2.05) is 42.5 Å². The Hall–Kier alpha value is -1.84. The first-order valence-electron chi connectivity index (χ1n) is 8.13. The van der Waals surface area contributed by atoms with Gasteiger partial charge in [-0.1, -0.05) is 30.3 Å². The molecule has 0 radical (unpaired) electrons. The fourth-order valence-corrected chi connectivity index (χ4v) is 3.53. The molecule has 2 aliphatic rings.